The van der Waals surface area contributed by atoms with Crippen LogP contribution in [0.2, 0.25) is 0 Å². The van der Waals surface area contributed by atoms with Crippen LogP contribution in [0.15, 0.2) is 24.3 Å². The molecule has 0 atom stereocenters. The van der Waals surface area contributed by atoms with E-state index in [1.165, 1.54) is 5.56 Å². The summed E-state index contributed by atoms with van der Waals surface area (Å²) in [4.78, 5) is 16.4. The van der Waals surface area contributed by atoms with Crippen molar-refractivity contribution in [2.75, 3.05) is 26.2 Å². The maximum Gasteiger partial charge on any atom is 0.494 e. The van der Waals surface area contributed by atoms with Gasteiger partial charge in [-0.05, 0) is 59.5 Å². The van der Waals surface area contributed by atoms with E-state index in [0.717, 1.165) is 38.2 Å². The number of nitrogens with zero attached hydrogens (tertiary/aromatic N) is 2. The third-order valence-corrected chi connectivity index (χ3v) is 6.73. The highest BCUT2D eigenvalue weighted by Gasteiger charge is 2.54. The van der Waals surface area contributed by atoms with Gasteiger partial charge in [-0.15, -0.1) is 0 Å². The molecule has 3 aliphatic heterocycles. The van der Waals surface area contributed by atoms with Gasteiger partial charge in [-0.3, -0.25) is 4.90 Å². The van der Waals surface area contributed by atoms with Crippen LogP contribution in [-0.4, -0.2) is 66.0 Å². The number of amides is 1. The molecule has 0 unspecified atom stereocenters. The largest absolute Gasteiger partial charge is 0.494 e. The van der Waals surface area contributed by atoms with Gasteiger partial charge >= 0.3 is 13.2 Å². The Morgan fingerprint density at radius 2 is 1.53 bits per heavy atom. The van der Waals surface area contributed by atoms with Crippen LogP contribution < -0.4 is 5.46 Å². The van der Waals surface area contributed by atoms with Gasteiger partial charge in [0.2, 0.25) is 0 Å². The van der Waals surface area contributed by atoms with Gasteiger partial charge in [0.15, 0.2) is 0 Å². The van der Waals surface area contributed by atoms with E-state index in [4.69, 9.17) is 14.0 Å². The van der Waals surface area contributed by atoms with Gasteiger partial charge in [-0.1, -0.05) is 24.3 Å². The molecule has 0 aromatic heterocycles. The van der Waals surface area contributed by atoms with Crippen molar-refractivity contribution in [1.29, 1.82) is 0 Å². The van der Waals surface area contributed by atoms with Crippen LogP contribution in [0, 0.1) is 5.41 Å². The molecule has 3 saturated heterocycles. The molecule has 3 aliphatic rings. The van der Waals surface area contributed by atoms with Gasteiger partial charge in [-0.25, -0.2) is 4.79 Å². The fraction of sp³-hybridized carbons (Fsp3) is 0.696. The highest BCUT2D eigenvalue weighted by molar-refractivity contribution is 6.62. The van der Waals surface area contributed by atoms with Gasteiger partial charge in [0.25, 0.3) is 0 Å². The number of likely N-dealkylation sites (tertiary alicyclic amines) is 2. The Labute approximate surface area is 181 Å². The monoisotopic (exact) mass is 414 g/mol. The lowest BCUT2D eigenvalue weighted by Gasteiger charge is -2.60. The summed E-state index contributed by atoms with van der Waals surface area (Å²) in [5.74, 6) is 0. The summed E-state index contributed by atoms with van der Waals surface area (Å²) >= 11 is 0. The van der Waals surface area contributed by atoms with Gasteiger partial charge in [0.1, 0.15) is 5.60 Å². The van der Waals surface area contributed by atoms with Crippen LogP contribution in [0.1, 0.15) is 54.0 Å². The van der Waals surface area contributed by atoms with E-state index in [0.29, 0.717) is 0 Å². The van der Waals surface area contributed by atoms with Gasteiger partial charge in [0.05, 0.1) is 11.2 Å². The standard InChI is InChI=1S/C23H35BN2O4/c1-20(2,3)28-19(27)26-15-23(16-26)13-25(14-23)12-17-8-10-18(11-9-17)24-29-21(4,5)22(6,7)30-24/h8-11H,12-16H2,1-7H3. The average molecular weight is 414 g/mol. The first kappa shape index (κ1) is 21.7. The number of benzene rings is 1. The van der Waals surface area contributed by atoms with Crippen molar-refractivity contribution in [3.63, 3.8) is 0 Å². The highest BCUT2D eigenvalue weighted by Crippen LogP contribution is 2.41. The van der Waals surface area contributed by atoms with Crippen LogP contribution >= 0.6 is 0 Å². The molecule has 3 fully saturated rings. The van der Waals surface area contributed by atoms with E-state index in [1.807, 2.05) is 25.7 Å². The van der Waals surface area contributed by atoms with Gasteiger partial charge < -0.3 is 18.9 Å². The number of hydrogen-bond donors (Lipinski definition) is 0. The number of ether oxygens (including phenoxy) is 1. The SMILES string of the molecule is CC(C)(C)OC(=O)N1CC2(CN(Cc3ccc(B4OC(C)(C)C(C)(C)O4)cc3)C2)C1. The van der Waals surface area contributed by atoms with E-state index in [-0.39, 0.29) is 29.8 Å². The summed E-state index contributed by atoms with van der Waals surface area (Å²) in [7, 11) is -0.315. The molecule has 6 nitrogen and oxygen atoms in total. The lowest BCUT2D eigenvalue weighted by atomic mass is 9.73. The zero-order valence-corrected chi connectivity index (χ0v) is 19.4. The summed E-state index contributed by atoms with van der Waals surface area (Å²) in [6, 6.07) is 8.56. The average Bonchev–Trinajstić information content (AvgIpc) is 2.75. The second-order valence-corrected chi connectivity index (χ2v) is 11.3. The summed E-state index contributed by atoms with van der Waals surface area (Å²) in [6.45, 7) is 18.6. The topological polar surface area (TPSA) is 51.2 Å². The van der Waals surface area contributed by atoms with Crippen molar-refractivity contribution in [3.8, 4) is 0 Å². The molecular formula is C23H35BN2O4. The lowest BCUT2D eigenvalue weighted by Crippen LogP contribution is -2.72. The van der Waals surface area contributed by atoms with Crippen LogP contribution in [-0.2, 0) is 20.6 Å². The molecule has 1 spiro atoms. The van der Waals surface area contributed by atoms with Crippen LogP contribution in [0.3, 0.4) is 0 Å². The Hall–Kier alpha value is -1.57. The van der Waals surface area contributed by atoms with Gasteiger partial charge in [-0.2, -0.15) is 0 Å². The molecular weight excluding hydrogens is 379 g/mol. The normalized spacial score (nSPS) is 24.5. The molecule has 0 radical (unpaired) electrons. The molecule has 164 valence electrons. The Balaban J connectivity index is 1.25. The molecule has 30 heavy (non-hydrogen) atoms. The van der Waals surface area contributed by atoms with Crippen molar-refractivity contribution in [3.05, 3.63) is 29.8 Å². The molecule has 0 bridgehead atoms. The Morgan fingerprint density at radius 3 is 2.03 bits per heavy atom. The zero-order chi connectivity index (χ0) is 21.9. The second kappa shape index (κ2) is 6.97. The Kier molecular flexibility index (Phi) is 5.03. The maximum absolute atomic E-state index is 12.1. The second-order valence-electron chi connectivity index (χ2n) is 11.3. The first-order valence-electron chi connectivity index (χ1n) is 10.9. The summed E-state index contributed by atoms with van der Waals surface area (Å²) in [5, 5.41) is 0. The minimum absolute atomic E-state index is 0.190. The Bertz CT molecular complexity index is 785. The maximum atomic E-state index is 12.1. The first-order chi connectivity index (χ1) is 13.8. The number of carbonyl (C=O) groups excluding carboxylic acids is 1. The quantitative estimate of drug-likeness (QED) is 0.712. The third-order valence-electron chi connectivity index (χ3n) is 6.73. The molecule has 3 heterocycles. The molecule has 7 heteroatoms. The number of hydrogen-bond acceptors (Lipinski definition) is 5. The fourth-order valence-electron chi connectivity index (χ4n) is 4.45. The molecule has 1 amide bonds. The van der Waals surface area contributed by atoms with E-state index < -0.39 is 5.60 Å². The smallest absolute Gasteiger partial charge is 0.444 e. The van der Waals surface area contributed by atoms with Crippen molar-refractivity contribution in [2.24, 2.45) is 5.41 Å². The molecule has 0 saturated carbocycles. The van der Waals surface area contributed by atoms with E-state index in [2.05, 4.69) is 56.9 Å². The molecule has 4 rings (SSSR count). The molecule has 0 N–H and O–H groups in total. The molecule has 0 aliphatic carbocycles. The zero-order valence-electron chi connectivity index (χ0n) is 19.4. The van der Waals surface area contributed by atoms with Crippen molar-refractivity contribution >= 4 is 18.7 Å². The lowest BCUT2D eigenvalue weighted by molar-refractivity contribution is -0.115. The van der Waals surface area contributed by atoms with Crippen molar-refractivity contribution in [1.82, 2.24) is 9.80 Å². The summed E-state index contributed by atoms with van der Waals surface area (Å²) in [5.41, 5.74) is 1.53. The summed E-state index contributed by atoms with van der Waals surface area (Å²) < 4.78 is 17.7. The molecule has 1 aromatic carbocycles. The molecule has 1 aromatic rings. The van der Waals surface area contributed by atoms with Crippen molar-refractivity contribution in [2.45, 2.75) is 71.8 Å². The van der Waals surface area contributed by atoms with E-state index in [9.17, 15) is 4.79 Å². The first-order valence-corrected chi connectivity index (χ1v) is 10.9. The minimum atomic E-state index is -0.433. The number of carbonyl (C=O) groups is 1. The predicted molar refractivity (Wildman–Crippen MR) is 118 cm³/mol. The minimum Gasteiger partial charge on any atom is -0.444 e. The Morgan fingerprint density at radius 1 is 1.00 bits per heavy atom. The fourth-order valence-corrected chi connectivity index (χ4v) is 4.45. The van der Waals surface area contributed by atoms with E-state index >= 15 is 0 Å². The highest BCUT2D eigenvalue weighted by atomic mass is 16.7. The van der Waals surface area contributed by atoms with Gasteiger partial charge in [0, 0.05) is 38.1 Å². The van der Waals surface area contributed by atoms with Crippen LogP contribution in [0.25, 0.3) is 0 Å². The van der Waals surface area contributed by atoms with Crippen LogP contribution in [0.4, 0.5) is 4.79 Å². The summed E-state index contributed by atoms with van der Waals surface area (Å²) in [6.07, 6.45) is -0.190. The predicted octanol–water partition coefficient (Wildman–Crippen LogP) is 3.04. The van der Waals surface area contributed by atoms with E-state index in [1.54, 1.807) is 0 Å². The van der Waals surface area contributed by atoms with Crippen molar-refractivity contribution < 1.29 is 18.8 Å². The number of rotatable bonds is 3. The third kappa shape index (κ3) is 4.12. The van der Waals surface area contributed by atoms with Crippen LogP contribution in [0.5, 0.6) is 0 Å².